The molecule has 0 radical (unpaired) electrons. The van der Waals surface area contributed by atoms with Crippen molar-refractivity contribution in [3.05, 3.63) is 21.9 Å². The number of carbonyl (C=O) groups is 1. The van der Waals surface area contributed by atoms with E-state index >= 15 is 0 Å². The monoisotopic (exact) mass is 280 g/mol. The Morgan fingerprint density at radius 2 is 2.44 bits per heavy atom. The van der Waals surface area contributed by atoms with E-state index in [2.05, 4.69) is 23.4 Å². The van der Waals surface area contributed by atoms with Crippen LogP contribution in [0, 0.1) is 11.8 Å². The Morgan fingerprint density at radius 3 is 3.06 bits per heavy atom. The third-order valence-electron chi connectivity index (χ3n) is 2.99. The van der Waals surface area contributed by atoms with E-state index in [-0.39, 0.29) is 5.91 Å². The molecule has 1 amide bonds. The zero-order valence-electron chi connectivity index (χ0n) is 10.3. The van der Waals surface area contributed by atoms with Gasteiger partial charge in [0, 0.05) is 16.7 Å². The van der Waals surface area contributed by atoms with Gasteiger partial charge in [-0.1, -0.05) is 11.8 Å². The average Bonchev–Trinajstić information content (AvgIpc) is 3.03. The van der Waals surface area contributed by atoms with Gasteiger partial charge in [-0.15, -0.1) is 11.3 Å². The summed E-state index contributed by atoms with van der Waals surface area (Å²) in [5.74, 6) is 5.71. The second-order valence-electron chi connectivity index (χ2n) is 4.28. The number of hydrogen-bond acceptors (Lipinski definition) is 4. The minimum absolute atomic E-state index is 0.00706. The number of carbonyl (C=O) groups excluding carboxylic acids is 1. The predicted molar refractivity (Wildman–Crippen MR) is 78.1 cm³/mol. The zero-order chi connectivity index (χ0) is 13.0. The van der Waals surface area contributed by atoms with E-state index in [0.717, 1.165) is 11.4 Å². The van der Waals surface area contributed by atoms with Gasteiger partial charge >= 0.3 is 0 Å². The fourth-order valence-electron chi connectivity index (χ4n) is 1.59. The highest BCUT2D eigenvalue weighted by Gasteiger charge is 2.41. The van der Waals surface area contributed by atoms with Crippen LogP contribution in [-0.4, -0.2) is 30.0 Å². The highest BCUT2D eigenvalue weighted by atomic mass is 32.2. The topological polar surface area (TPSA) is 55.1 Å². The molecule has 3 N–H and O–H groups in total. The Bertz CT molecular complexity index is 495. The number of amides is 1. The SMILES string of the molecule is CSC1(CNC(=O)c2csc(C#CCN)c2)CC1. The van der Waals surface area contributed by atoms with Crippen molar-refractivity contribution in [1.82, 2.24) is 5.32 Å². The molecule has 5 heteroatoms. The van der Waals surface area contributed by atoms with E-state index in [9.17, 15) is 4.79 Å². The molecule has 18 heavy (non-hydrogen) atoms. The molecule has 2 rings (SSSR count). The van der Waals surface area contributed by atoms with Crippen molar-refractivity contribution >= 4 is 29.0 Å². The lowest BCUT2D eigenvalue weighted by atomic mass is 10.3. The van der Waals surface area contributed by atoms with Crippen molar-refractivity contribution in [2.45, 2.75) is 17.6 Å². The summed E-state index contributed by atoms with van der Waals surface area (Å²) in [6.07, 6.45) is 4.50. The predicted octanol–water partition coefficient (Wildman–Crippen LogP) is 1.68. The Kier molecular flexibility index (Phi) is 4.33. The van der Waals surface area contributed by atoms with Crippen LogP contribution < -0.4 is 11.1 Å². The molecule has 1 fully saturated rings. The number of thiophene rings is 1. The highest BCUT2D eigenvalue weighted by Crippen LogP contribution is 2.46. The van der Waals surface area contributed by atoms with Crippen molar-refractivity contribution in [2.75, 3.05) is 19.3 Å². The number of rotatable bonds is 4. The first-order valence-corrected chi connectivity index (χ1v) is 7.90. The lowest BCUT2D eigenvalue weighted by Gasteiger charge is -2.12. The molecule has 0 bridgehead atoms. The van der Waals surface area contributed by atoms with Crippen molar-refractivity contribution < 1.29 is 4.79 Å². The molecule has 1 saturated carbocycles. The second-order valence-corrected chi connectivity index (χ2v) is 6.46. The summed E-state index contributed by atoms with van der Waals surface area (Å²) in [6, 6.07) is 1.82. The van der Waals surface area contributed by atoms with Crippen LogP contribution in [0.25, 0.3) is 0 Å². The molecule has 0 aliphatic heterocycles. The Hall–Kier alpha value is -0.960. The van der Waals surface area contributed by atoms with Crippen LogP contribution in [0.4, 0.5) is 0 Å². The second kappa shape index (κ2) is 5.79. The summed E-state index contributed by atoms with van der Waals surface area (Å²) in [6.45, 7) is 1.10. The first-order valence-electron chi connectivity index (χ1n) is 5.80. The van der Waals surface area contributed by atoms with Crippen molar-refractivity contribution in [3.8, 4) is 11.8 Å². The molecule has 0 saturated heterocycles. The molecule has 1 aliphatic rings. The number of thioether (sulfide) groups is 1. The quantitative estimate of drug-likeness (QED) is 0.825. The summed E-state index contributed by atoms with van der Waals surface area (Å²) in [4.78, 5) is 12.8. The molecule has 1 aromatic heterocycles. The Balaban J connectivity index is 1.90. The van der Waals surface area contributed by atoms with E-state index < -0.39 is 0 Å². The Morgan fingerprint density at radius 1 is 1.67 bits per heavy atom. The van der Waals surface area contributed by atoms with Crippen LogP contribution in [0.2, 0.25) is 0 Å². The van der Waals surface area contributed by atoms with Crippen LogP contribution in [0.3, 0.4) is 0 Å². The first kappa shape index (κ1) is 13.5. The highest BCUT2D eigenvalue weighted by molar-refractivity contribution is 8.00. The van der Waals surface area contributed by atoms with Crippen LogP contribution >= 0.6 is 23.1 Å². The van der Waals surface area contributed by atoms with Gasteiger partial charge in [0.1, 0.15) is 0 Å². The van der Waals surface area contributed by atoms with Gasteiger partial charge in [0.25, 0.3) is 5.91 Å². The van der Waals surface area contributed by atoms with Gasteiger partial charge in [-0.25, -0.2) is 0 Å². The summed E-state index contributed by atoms with van der Waals surface area (Å²) < 4.78 is 0.299. The fraction of sp³-hybridized carbons (Fsp3) is 0.462. The van der Waals surface area contributed by atoms with Gasteiger partial charge in [0.2, 0.25) is 0 Å². The van der Waals surface area contributed by atoms with Gasteiger partial charge in [-0.05, 0) is 25.2 Å². The van der Waals surface area contributed by atoms with Crippen LogP contribution in [0.5, 0.6) is 0 Å². The van der Waals surface area contributed by atoms with Crippen LogP contribution in [0.15, 0.2) is 11.4 Å². The lowest BCUT2D eigenvalue weighted by molar-refractivity contribution is 0.0953. The molecule has 0 aromatic carbocycles. The van der Waals surface area contributed by atoms with E-state index in [0.29, 0.717) is 16.9 Å². The molecule has 1 aromatic rings. The number of nitrogens with one attached hydrogen (secondary N) is 1. The van der Waals surface area contributed by atoms with Crippen molar-refractivity contribution in [2.24, 2.45) is 5.73 Å². The fourth-order valence-corrected chi connectivity index (χ4v) is 3.08. The summed E-state index contributed by atoms with van der Waals surface area (Å²) in [5, 5.41) is 4.84. The third-order valence-corrected chi connectivity index (χ3v) is 5.25. The molecule has 0 atom stereocenters. The molecule has 3 nitrogen and oxygen atoms in total. The largest absolute Gasteiger partial charge is 0.351 e. The maximum atomic E-state index is 11.9. The lowest BCUT2D eigenvalue weighted by Crippen LogP contribution is -2.31. The van der Waals surface area contributed by atoms with Crippen LogP contribution in [0.1, 0.15) is 28.1 Å². The van der Waals surface area contributed by atoms with Gasteiger partial charge in [0.05, 0.1) is 17.0 Å². The minimum Gasteiger partial charge on any atom is -0.351 e. The molecule has 0 unspecified atom stereocenters. The standard InChI is InChI=1S/C13H16N2OS2/c1-17-13(4-5-13)9-15-12(16)10-7-11(18-8-10)3-2-6-14/h7-8H,4-6,9,14H2,1H3,(H,15,16). The number of hydrogen-bond donors (Lipinski definition) is 2. The minimum atomic E-state index is -0.00706. The summed E-state index contributed by atoms with van der Waals surface area (Å²) >= 11 is 3.32. The summed E-state index contributed by atoms with van der Waals surface area (Å²) in [5.41, 5.74) is 6.00. The Labute approximate surface area is 116 Å². The van der Waals surface area contributed by atoms with Gasteiger partial charge < -0.3 is 11.1 Å². The van der Waals surface area contributed by atoms with E-state index in [1.54, 1.807) is 0 Å². The average molecular weight is 280 g/mol. The molecule has 96 valence electrons. The summed E-state index contributed by atoms with van der Waals surface area (Å²) in [7, 11) is 0. The zero-order valence-corrected chi connectivity index (χ0v) is 11.9. The van der Waals surface area contributed by atoms with E-state index in [4.69, 9.17) is 5.73 Å². The smallest absolute Gasteiger partial charge is 0.252 e. The normalized spacial score (nSPS) is 15.7. The maximum absolute atomic E-state index is 11.9. The maximum Gasteiger partial charge on any atom is 0.252 e. The molecule has 0 spiro atoms. The molecular weight excluding hydrogens is 264 g/mol. The van der Waals surface area contributed by atoms with Gasteiger partial charge in [0.15, 0.2) is 0 Å². The first-order chi connectivity index (χ1) is 8.69. The molecular formula is C13H16N2OS2. The van der Waals surface area contributed by atoms with Gasteiger partial charge in [-0.3, -0.25) is 4.79 Å². The molecule has 1 heterocycles. The van der Waals surface area contributed by atoms with Crippen LogP contribution in [-0.2, 0) is 0 Å². The van der Waals surface area contributed by atoms with E-state index in [1.165, 1.54) is 24.2 Å². The van der Waals surface area contributed by atoms with E-state index in [1.807, 2.05) is 23.2 Å². The van der Waals surface area contributed by atoms with Crippen molar-refractivity contribution in [3.63, 3.8) is 0 Å². The van der Waals surface area contributed by atoms with Gasteiger partial charge in [-0.2, -0.15) is 11.8 Å². The van der Waals surface area contributed by atoms with Crippen molar-refractivity contribution in [1.29, 1.82) is 0 Å². The third kappa shape index (κ3) is 3.29. The molecule has 1 aliphatic carbocycles. The number of nitrogens with two attached hydrogens (primary N) is 1.